The van der Waals surface area contributed by atoms with E-state index in [2.05, 4.69) is 10.1 Å². The van der Waals surface area contributed by atoms with Gasteiger partial charge in [-0.1, -0.05) is 0 Å². The zero-order valence-electron chi connectivity index (χ0n) is 8.08. The summed E-state index contributed by atoms with van der Waals surface area (Å²) in [5, 5.41) is 3.05. The maximum Gasteiger partial charge on any atom is 0.373 e. The molecule has 0 unspecified atom stereocenters. The Labute approximate surface area is 82.2 Å². The lowest BCUT2D eigenvalue weighted by Crippen LogP contribution is -2.21. The van der Waals surface area contributed by atoms with Gasteiger partial charge in [-0.25, -0.2) is 4.79 Å². The van der Waals surface area contributed by atoms with Gasteiger partial charge in [-0.3, -0.25) is 0 Å². The van der Waals surface area contributed by atoms with Crippen LogP contribution in [-0.4, -0.2) is 26.2 Å². The van der Waals surface area contributed by atoms with Crippen LogP contribution < -0.4 is 11.1 Å². The summed E-state index contributed by atoms with van der Waals surface area (Å²) in [6.45, 7) is 1.85. The molecule has 14 heavy (non-hydrogen) atoms. The number of ether oxygens (including phenoxy) is 1. The van der Waals surface area contributed by atoms with Crippen LogP contribution in [-0.2, 0) is 11.3 Å². The Hall–Kier alpha value is -1.33. The van der Waals surface area contributed by atoms with Crippen LogP contribution in [0.15, 0.2) is 16.5 Å². The average Bonchev–Trinajstić information content (AvgIpc) is 2.66. The number of hydrogen-bond acceptors (Lipinski definition) is 5. The molecular formula is C9H14N2O3. The largest absolute Gasteiger partial charge is 0.463 e. The monoisotopic (exact) mass is 198 g/mol. The molecule has 0 aliphatic rings. The number of rotatable bonds is 5. The third-order valence-electron chi connectivity index (χ3n) is 1.67. The fraction of sp³-hybridized carbons (Fsp3) is 0.444. The average molecular weight is 198 g/mol. The van der Waals surface area contributed by atoms with E-state index in [0.717, 1.165) is 0 Å². The van der Waals surface area contributed by atoms with E-state index in [1.807, 2.05) is 0 Å². The summed E-state index contributed by atoms with van der Waals surface area (Å²) in [5.74, 6) is 0.450. The van der Waals surface area contributed by atoms with Crippen molar-refractivity contribution in [3.8, 4) is 0 Å². The first-order valence-corrected chi connectivity index (χ1v) is 4.35. The van der Waals surface area contributed by atoms with Crippen molar-refractivity contribution in [2.75, 3.05) is 20.2 Å². The third-order valence-corrected chi connectivity index (χ3v) is 1.67. The smallest absolute Gasteiger partial charge is 0.373 e. The van der Waals surface area contributed by atoms with Crippen LogP contribution in [0.25, 0.3) is 0 Å². The van der Waals surface area contributed by atoms with E-state index in [1.165, 1.54) is 7.11 Å². The minimum Gasteiger partial charge on any atom is -0.463 e. The molecule has 5 heteroatoms. The van der Waals surface area contributed by atoms with Crippen molar-refractivity contribution in [1.82, 2.24) is 5.32 Å². The summed E-state index contributed by atoms with van der Waals surface area (Å²) < 4.78 is 9.71. The van der Waals surface area contributed by atoms with Crippen LogP contribution in [0.2, 0.25) is 0 Å². The van der Waals surface area contributed by atoms with Gasteiger partial charge in [0, 0.05) is 13.1 Å². The zero-order chi connectivity index (χ0) is 10.4. The molecule has 0 spiro atoms. The Bertz CT molecular complexity index is 296. The molecule has 1 aromatic heterocycles. The highest BCUT2D eigenvalue weighted by atomic mass is 16.5. The van der Waals surface area contributed by atoms with Gasteiger partial charge in [-0.05, 0) is 12.1 Å². The number of esters is 1. The van der Waals surface area contributed by atoms with Crippen molar-refractivity contribution < 1.29 is 13.9 Å². The summed E-state index contributed by atoms with van der Waals surface area (Å²) in [7, 11) is 1.32. The number of carbonyl (C=O) groups is 1. The first kappa shape index (κ1) is 10.7. The Kier molecular flexibility index (Phi) is 4.15. The Morgan fingerprint density at radius 2 is 2.43 bits per heavy atom. The molecular weight excluding hydrogens is 184 g/mol. The first-order valence-electron chi connectivity index (χ1n) is 4.35. The molecule has 5 nitrogen and oxygen atoms in total. The van der Waals surface area contributed by atoms with Crippen LogP contribution in [0.3, 0.4) is 0 Å². The molecule has 0 atom stereocenters. The molecule has 0 saturated carbocycles. The molecule has 0 aliphatic heterocycles. The van der Waals surface area contributed by atoms with Crippen molar-refractivity contribution in [3.63, 3.8) is 0 Å². The van der Waals surface area contributed by atoms with E-state index in [0.29, 0.717) is 25.4 Å². The Morgan fingerprint density at radius 1 is 1.64 bits per heavy atom. The molecule has 1 aromatic rings. The summed E-state index contributed by atoms with van der Waals surface area (Å²) in [6, 6.07) is 3.32. The van der Waals surface area contributed by atoms with Gasteiger partial charge in [0.25, 0.3) is 0 Å². The predicted octanol–water partition coefficient (Wildman–Crippen LogP) is 0.115. The van der Waals surface area contributed by atoms with Crippen LogP contribution in [0.4, 0.5) is 0 Å². The normalized spacial score (nSPS) is 10.1. The molecule has 78 valence electrons. The van der Waals surface area contributed by atoms with Gasteiger partial charge in [-0.15, -0.1) is 0 Å². The number of carbonyl (C=O) groups excluding carboxylic acids is 1. The van der Waals surface area contributed by atoms with Gasteiger partial charge in [-0.2, -0.15) is 0 Å². The number of nitrogens with one attached hydrogen (secondary N) is 1. The highest BCUT2D eigenvalue weighted by Gasteiger charge is 2.10. The van der Waals surface area contributed by atoms with E-state index in [-0.39, 0.29) is 5.76 Å². The first-order chi connectivity index (χ1) is 6.77. The van der Waals surface area contributed by atoms with E-state index in [1.54, 1.807) is 12.1 Å². The molecule has 0 bridgehead atoms. The molecule has 3 N–H and O–H groups in total. The maximum absolute atomic E-state index is 11.0. The lowest BCUT2D eigenvalue weighted by molar-refractivity contribution is 0.0563. The molecule has 0 fully saturated rings. The highest BCUT2D eigenvalue weighted by Crippen LogP contribution is 2.08. The number of furan rings is 1. The minimum atomic E-state index is -0.463. The van der Waals surface area contributed by atoms with Crippen LogP contribution in [0.1, 0.15) is 16.3 Å². The van der Waals surface area contributed by atoms with Gasteiger partial charge >= 0.3 is 5.97 Å². The quantitative estimate of drug-likeness (QED) is 0.519. The fourth-order valence-electron chi connectivity index (χ4n) is 0.997. The van der Waals surface area contributed by atoms with E-state index < -0.39 is 5.97 Å². The van der Waals surface area contributed by atoms with Crippen molar-refractivity contribution >= 4 is 5.97 Å². The predicted molar refractivity (Wildman–Crippen MR) is 50.8 cm³/mol. The second-order valence-corrected chi connectivity index (χ2v) is 2.72. The molecule has 0 saturated heterocycles. The molecule has 1 heterocycles. The van der Waals surface area contributed by atoms with Crippen LogP contribution >= 0.6 is 0 Å². The van der Waals surface area contributed by atoms with Crippen LogP contribution in [0, 0.1) is 0 Å². The van der Waals surface area contributed by atoms with Crippen molar-refractivity contribution in [1.29, 1.82) is 0 Å². The van der Waals surface area contributed by atoms with Gasteiger partial charge in [0.1, 0.15) is 5.76 Å². The summed E-state index contributed by atoms with van der Waals surface area (Å²) >= 11 is 0. The summed E-state index contributed by atoms with van der Waals surface area (Å²) in [5.41, 5.74) is 5.30. The zero-order valence-corrected chi connectivity index (χ0v) is 8.08. The fourth-order valence-corrected chi connectivity index (χ4v) is 0.997. The van der Waals surface area contributed by atoms with Gasteiger partial charge in [0.15, 0.2) is 0 Å². The molecule has 0 amide bonds. The minimum absolute atomic E-state index is 0.219. The molecule has 0 radical (unpaired) electrons. The second-order valence-electron chi connectivity index (χ2n) is 2.72. The number of nitrogens with two attached hydrogens (primary N) is 1. The third kappa shape index (κ3) is 2.86. The second kappa shape index (κ2) is 5.41. The SMILES string of the molecule is COC(=O)c1ccc(CNCCN)o1. The van der Waals surface area contributed by atoms with Gasteiger partial charge in [0.05, 0.1) is 13.7 Å². The van der Waals surface area contributed by atoms with Gasteiger partial charge in [0.2, 0.25) is 5.76 Å². The lowest BCUT2D eigenvalue weighted by Gasteiger charge is -1.98. The number of hydrogen-bond donors (Lipinski definition) is 2. The molecule has 0 aromatic carbocycles. The van der Waals surface area contributed by atoms with E-state index in [4.69, 9.17) is 10.2 Å². The molecule has 1 rings (SSSR count). The van der Waals surface area contributed by atoms with E-state index >= 15 is 0 Å². The Balaban J connectivity index is 2.46. The van der Waals surface area contributed by atoms with Crippen molar-refractivity contribution in [2.24, 2.45) is 5.73 Å². The standard InChI is InChI=1S/C9H14N2O3/c1-13-9(12)8-3-2-7(14-8)6-11-5-4-10/h2-3,11H,4-6,10H2,1H3. The topological polar surface area (TPSA) is 77.5 Å². The molecule has 0 aliphatic carbocycles. The summed E-state index contributed by atoms with van der Waals surface area (Å²) in [4.78, 5) is 11.0. The number of methoxy groups -OCH3 is 1. The lowest BCUT2D eigenvalue weighted by atomic mass is 10.4. The van der Waals surface area contributed by atoms with Gasteiger partial charge < -0.3 is 20.2 Å². The Morgan fingerprint density at radius 3 is 3.07 bits per heavy atom. The maximum atomic E-state index is 11.0. The highest BCUT2D eigenvalue weighted by molar-refractivity contribution is 5.86. The van der Waals surface area contributed by atoms with Crippen molar-refractivity contribution in [2.45, 2.75) is 6.54 Å². The van der Waals surface area contributed by atoms with Crippen LogP contribution in [0.5, 0.6) is 0 Å². The summed E-state index contributed by atoms with van der Waals surface area (Å²) in [6.07, 6.45) is 0. The van der Waals surface area contributed by atoms with E-state index in [9.17, 15) is 4.79 Å². The van der Waals surface area contributed by atoms with Crippen molar-refractivity contribution in [3.05, 3.63) is 23.7 Å².